The maximum Gasteiger partial charge on any atom is 0.0371 e. The van der Waals surface area contributed by atoms with Gasteiger partial charge in [-0.3, -0.25) is 0 Å². The molecule has 0 spiro atoms. The molecule has 0 radical (unpaired) electrons. The Balaban J connectivity index is 2.47. The Morgan fingerprint density at radius 2 is 1.77 bits per heavy atom. The lowest BCUT2D eigenvalue weighted by Gasteiger charge is -1.99. The number of rotatable bonds is 1. The summed E-state index contributed by atoms with van der Waals surface area (Å²) in [6.45, 7) is 2.13. The second-order valence-electron chi connectivity index (χ2n) is 3.05. The maximum absolute atomic E-state index is 5.62. The van der Waals surface area contributed by atoms with Crippen LogP contribution in [0, 0.1) is 6.92 Å². The number of nitrogens with two attached hydrogens (primary N) is 1. The number of hydrogen-bond acceptors (Lipinski definition) is 2. The first-order valence-electron chi connectivity index (χ1n) is 4.17. The molecule has 0 unspecified atom stereocenters. The van der Waals surface area contributed by atoms with E-state index in [1.807, 2.05) is 12.1 Å². The smallest absolute Gasteiger partial charge is 0.0371 e. The predicted molar refractivity (Wildman–Crippen MR) is 58.9 cm³/mol. The van der Waals surface area contributed by atoms with Gasteiger partial charge in [-0.1, -0.05) is 12.1 Å². The molecule has 1 aromatic heterocycles. The van der Waals surface area contributed by atoms with Crippen LogP contribution in [-0.4, -0.2) is 0 Å². The second-order valence-corrected chi connectivity index (χ2v) is 3.97. The summed E-state index contributed by atoms with van der Waals surface area (Å²) >= 11 is 1.77. The van der Waals surface area contributed by atoms with Crippen LogP contribution in [0.5, 0.6) is 0 Å². The number of hydrogen-bond donors (Lipinski definition) is 1. The first kappa shape index (κ1) is 8.32. The van der Waals surface area contributed by atoms with Crippen molar-refractivity contribution in [2.45, 2.75) is 6.92 Å². The van der Waals surface area contributed by atoms with Gasteiger partial charge in [0.25, 0.3) is 0 Å². The molecular formula is C11H11NS. The normalized spacial score (nSPS) is 10.2. The van der Waals surface area contributed by atoms with E-state index in [-0.39, 0.29) is 0 Å². The lowest BCUT2D eigenvalue weighted by molar-refractivity contribution is 1.54. The van der Waals surface area contributed by atoms with Crippen LogP contribution in [0.15, 0.2) is 35.7 Å². The Morgan fingerprint density at radius 1 is 1.08 bits per heavy atom. The van der Waals surface area contributed by atoms with Gasteiger partial charge >= 0.3 is 0 Å². The maximum atomic E-state index is 5.62. The van der Waals surface area contributed by atoms with Crippen LogP contribution in [0.25, 0.3) is 10.4 Å². The lowest BCUT2D eigenvalue weighted by atomic mass is 10.1. The summed E-state index contributed by atoms with van der Waals surface area (Å²) < 4.78 is 0. The van der Waals surface area contributed by atoms with Gasteiger partial charge in [0.1, 0.15) is 0 Å². The molecule has 1 heterocycles. The van der Waals surface area contributed by atoms with Crippen LogP contribution >= 0.6 is 11.3 Å². The Morgan fingerprint density at radius 3 is 2.31 bits per heavy atom. The molecule has 1 nitrogen and oxygen atoms in total. The fourth-order valence-corrected chi connectivity index (χ4v) is 2.24. The monoisotopic (exact) mass is 189 g/mol. The van der Waals surface area contributed by atoms with Crippen LogP contribution in [0.3, 0.4) is 0 Å². The van der Waals surface area contributed by atoms with Gasteiger partial charge in [-0.05, 0) is 41.6 Å². The van der Waals surface area contributed by atoms with E-state index in [0.717, 1.165) is 5.69 Å². The summed E-state index contributed by atoms with van der Waals surface area (Å²) in [5.74, 6) is 0. The molecule has 2 N–H and O–H groups in total. The summed E-state index contributed by atoms with van der Waals surface area (Å²) in [5.41, 5.74) is 9.02. The van der Waals surface area contributed by atoms with Crippen LogP contribution in [0.4, 0.5) is 5.69 Å². The van der Waals surface area contributed by atoms with Crippen molar-refractivity contribution in [3.63, 3.8) is 0 Å². The summed E-state index contributed by atoms with van der Waals surface area (Å²) in [5, 5.41) is 2.11. The highest BCUT2D eigenvalue weighted by Crippen LogP contribution is 2.29. The molecule has 13 heavy (non-hydrogen) atoms. The third kappa shape index (κ3) is 1.58. The van der Waals surface area contributed by atoms with Crippen molar-refractivity contribution < 1.29 is 0 Å². The molecule has 0 atom stereocenters. The molecule has 2 rings (SSSR count). The van der Waals surface area contributed by atoms with Gasteiger partial charge < -0.3 is 5.73 Å². The van der Waals surface area contributed by atoms with Crippen molar-refractivity contribution in [3.05, 3.63) is 41.3 Å². The highest BCUT2D eigenvalue weighted by Gasteiger charge is 2.01. The molecule has 0 saturated carbocycles. The minimum Gasteiger partial charge on any atom is -0.399 e. The van der Waals surface area contributed by atoms with E-state index in [0.29, 0.717) is 0 Å². The minimum atomic E-state index is 0.818. The first-order chi connectivity index (χ1) is 6.27. The summed E-state index contributed by atoms with van der Waals surface area (Å²) in [6, 6.07) is 10.1. The predicted octanol–water partition coefficient (Wildman–Crippen LogP) is 3.31. The van der Waals surface area contributed by atoms with Gasteiger partial charge in [0, 0.05) is 10.6 Å². The van der Waals surface area contributed by atoms with E-state index in [4.69, 9.17) is 5.73 Å². The zero-order valence-electron chi connectivity index (χ0n) is 7.45. The molecular weight excluding hydrogens is 178 g/mol. The van der Waals surface area contributed by atoms with Gasteiger partial charge in [0.05, 0.1) is 0 Å². The number of thiophene rings is 1. The van der Waals surface area contributed by atoms with E-state index in [9.17, 15) is 0 Å². The highest BCUT2D eigenvalue weighted by molar-refractivity contribution is 7.13. The third-order valence-corrected chi connectivity index (χ3v) is 3.10. The van der Waals surface area contributed by atoms with Crippen molar-refractivity contribution in [2.24, 2.45) is 0 Å². The van der Waals surface area contributed by atoms with Crippen LogP contribution < -0.4 is 5.73 Å². The fourth-order valence-electron chi connectivity index (χ4n) is 1.30. The summed E-state index contributed by atoms with van der Waals surface area (Å²) in [7, 11) is 0. The molecule has 2 heteroatoms. The Labute approximate surface area is 81.8 Å². The van der Waals surface area contributed by atoms with E-state index in [1.165, 1.54) is 16.0 Å². The average Bonchev–Trinajstić information content (AvgIpc) is 2.53. The molecule has 1 aromatic carbocycles. The van der Waals surface area contributed by atoms with E-state index in [1.54, 1.807) is 11.3 Å². The van der Waals surface area contributed by atoms with Gasteiger partial charge in [-0.15, -0.1) is 11.3 Å². The zero-order chi connectivity index (χ0) is 9.26. The molecule has 0 aliphatic heterocycles. The van der Waals surface area contributed by atoms with Gasteiger partial charge in [-0.25, -0.2) is 0 Å². The highest BCUT2D eigenvalue weighted by atomic mass is 32.1. The molecule has 0 aliphatic rings. The Bertz CT molecular complexity index is 400. The van der Waals surface area contributed by atoms with Crippen molar-refractivity contribution in [1.29, 1.82) is 0 Å². The topological polar surface area (TPSA) is 26.0 Å². The van der Waals surface area contributed by atoms with Crippen molar-refractivity contribution in [3.8, 4) is 10.4 Å². The number of benzene rings is 1. The Kier molecular flexibility index (Phi) is 2.07. The second kappa shape index (κ2) is 3.23. The molecule has 0 bridgehead atoms. The van der Waals surface area contributed by atoms with E-state index >= 15 is 0 Å². The quantitative estimate of drug-likeness (QED) is 0.684. The molecule has 0 aliphatic carbocycles. The number of anilines is 1. The Hall–Kier alpha value is -1.28. The van der Waals surface area contributed by atoms with Crippen LogP contribution in [0.2, 0.25) is 0 Å². The van der Waals surface area contributed by atoms with E-state index in [2.05, 4.69) is 30.5 Å². The fraction of sp³-hybridized carbons (Fsp3) is 0.0909. The third-order valence-electron chi connectivity index (χ3n) is 2.03. The minimum absolute atomic E-state index is 0.818. The molecule has 0 fully saturated rings. The summed E-state index contributed by atoms with van der Waals surface area (Å²) in [4.78, 5) is 1.33. The van der Waals surface area contributed by atoms with Gasteiger partial charge in [-0.2, -0.15) is 0 Å². The van der Waals surface area contributed by atoms with Crippen molar-refractivity contribution >= 4 is 17.0 Å². The number of nitrogen functional groups attached to an aromatic ring is 1. The van der Waals surface area contributed by atoms with Crippen LogP contribution in [0.1, 0.15) is 5.56 Å². The average molecular weight is 189 g/mol. The largest absolute Gasteiger partial charge is 0.399 e. The molecule has 0 amide bonds. The van der Waals surface area contributed by atoms with Crippen molar-refractivity contribution in [1.82, 2.24) is 0 Å². The summed E-state index contributed by atoms with van der Waals surface area (Å²) in [6.07, 6.45) is 0. The van der Waals surface area contributed by atoms with Crippen LogP contribution in [-0.2, 0) is 0 Å². The number of aryl methyl sites for hydroxylation is 1. The van der Waals surface area contributed by atoms with Crippen molar-refractivity contribution in [2.75, 3.05) is 5.73 Å². The lowest BCUT2D eigenvalue weighted by Crippen LogP contribution is -1.83. The zero-order valence-corrected chi connectivity index (χ0v) is 8.27. The van der Waals surface area contributed by atoms with Gasteiger partial charge in [0.15, 0.2) is 0 Å². The SMILES string of the molecule is Cc1ccsc1-c1ccc(N)cc1. The molecule has 2 aromatic rings. The van der Waals surface area contributed by atoms with Gasteiger partial charge in [0.2, 0.25) is 0 Å². The van der Waals surface area contributed by atoms with E-state index < -0.39 is 0 Å². The molecule has 66 valence electrons. The first-order valence-corrected chi connectivity index (χ1v) is 5.05. The standard InChI is InChI=1S/C11H11NS/c1-8-6-7-13-11(8)9-2-4-10(12)5-3-9/h2-7H,12H2,1H3. The molecule has 0 saturated heterocycles.